The van der Waals surface area contributed by atoms with Crippen LogP contribution in [0.3, 0.4) is 0 Å². The number of amides is 1. The minimum Gasteiger partial charge on any atom is -0.491 e. The van der Waals surface area contributed by atoms with E-state index in [-0.39, 0.29) is 25.0 Å². The SMILES string of the molecule is Cc1cccc(OCC(O)CNC(=O)C2CCCNC2)c1. The zero-order valence-electron chi connectivity index (χ0n) is 12.5. The molecule has 5 nitrogen and oxygen atoms in total. The summed E-state index contributed by atoms with van der Waals surface area (Å²) in [5.41, 5.74) is 1.11. The number of hydrogen-bond donors (Lipinski definition) is 3. The molecule has 0 radical (unpaired) electrons. The van der Waals surface area contributed by atoms with Crippen molar-refractivity contribution < 1.29 is 14.6 Å². The van der Waals surface area contributed by atoms with Crippen molar-refractivity contribution in [3.63, 3.8) is 0 Å². The van der Waals surface area contributed by atoms with Crippen LogP contribution in [0.1, 0.15) is 18.4 Å². The fourth-order valence-corrected chi connectivity index (χ4v) is 2.39. The highest BCUT2D eigenvalue weighted by atomic mass is 16.5. The summed E-state index contributed by atoms with van der Waals surface area (Å²) >= 11 is 0. The van der Waals surface area contributed by atoms with Gasteiger partial charge in [-0.25, -0.2) is 0 Å². The predicted molar refractivity (Wildman–Crippen MR) is 81.3 cm³/mol. The van der Waals surface area contributed by atoms with E-state index in [1.807, 2.05) is 31.2 Å². The van der Waals surface area contributed by atoms with Gasteiger partial charge in [0.1, 0.15) is 18.5 Å². The standard InChI is InChI=1S/C16H24N2O3/c1-12-4-2-6-15(8-12)21-11-14(19)10-18-16(20)13-5-3-7-17-9-13/h2,4,6,8,13-14,17,19H,3,5,7,9-11H2,1H3,(H,18,20). The summed E-state index contributed by atoms with van der Waals surface area (Å²) < 4.78 is 5.51. The first-order valence-electron chi connectivity index (χ1n) is 7.51. The second-order valence-corrected chi connectivity index (χ2v) is 5.57. The lowest BCUT2D eigenvalue weighted by Crippen LogP contribution is -2.43. The van der Waals surface area contributed by atoms with Crippen LogP contribution in [0.2, 0.25) is 0 Å². The van der Waals surface area contributed by atoms with Gasteiger partial charge < -0.3 is 20.5 Å². The van der Waals surface area contributed by atoms with Crippen LogP contribution in [0.25, 0.3) is 0 Å². The number of benzene rings is 1. The normalized spacial score (nSPS) is 19.8. The lowest BCUT2D eigenvalue weighted by Gasteiger charge is -2.22. The van der Waals surface area contributed by atoms with Gasteiger partial charge in [0, 0.05) is 13.1 Å². The Bertz CT molecular complexity index is 459. The molecular weight excluding hydrogens is 268 g/mol. The molecule has 5 heteroatoms. The van der Waals surface area contributed by atoms with Crippen LogP contribution in [0.4, 0.5) is 0 Å². The number of ether oxygens (including phenoxy) is 1. The number of rotatable bonds is 6. The summed E-state index contributed by atoms with van der Waals surface area (Å²) in [6, 6.07) is 7.67. The highest BCUT2D eigenvalue weighted by Crippen LogP contribution is 2.12. The summed E-state index contributed by atoms with van der Waals surface area (Å²) in [4.78, 5) is 11.9. The number of aliphatic hydroxyl groups excluding tert-OH is 1. The predicted octanol–water partition coefficient (Wildman–Crippen LogP) is 0.851. The third kappa shape index (κ3) is 5.36. The quantitative estimate of drug-likeness (QED) is 0.727. The molecule has 1 fully saturated rings. The maximum Gasteiger partial charge on any atom is 0.224 e. The minimum atomic E-state index is -0.703. The van der Waals surface area contributed by atoms with Gasteiger partial charge in [0.15, 0.2) is 0 Å². The Morgan fingerprint density at radius 3 is 3.14 bits per heavy atom. The third-order valence-electron chi connectivity index (χ3n) is 3.61. The number of hydrogen-bond acceptors (Lipinski definition) is 4. The molecule has 1 aromatic carbocycles. The summed E-state index contributed by atoms with van der Waals surface area (Å²) in [5, 5.41) is 15.9. The summed E-state index contributed by atoms with van der Waals surface area (Å²) in [6.45, 7) is 4.09. The average molecular weight is 292 g/mol. The van der Waals surface area contributed by atoms with Crippen molar-refractivity contribution in [2.45, 2.75) is 25.9 Å². The van der Waals surface area contributed by atoms with Crippen molar-refractivity contribution in [3.8, 4) is 5.75 Å². The Kier molecular flexibility index (Phi) is 6.02. The maximum absolute atomic E-state index is 11.9. The van der Waals surface area contributed by atoms with Gasteiger partial charge in [0.2, 0.25) is 5.91 Å². The highest BCUT2D eigenvalue weighted by molar-refractivity contribution is 5.78. The molecule has 21 heavy (non-hydrogen) atoms. The number of carbonyl (C=O) groups excluding carboxylic acids is 1. The lowest BCUT2D eigenvalue weighted by molar-refractivity contribution is -0.126. The van der Waals surface area contributed by atoms with E-state index in [4.69, 9.17) is 4.74 Å². The maximum atomic E-state index is 11.9. The number of carbonyl (C=O) groups is 1. The summed E-state index contributed by atoms with van der Waals surface area (Å²) in [6.07, 6.45) is 1.23. The molecule has 1 heterocycles. The Labute approximate surface area is 125 Å². The first-order chi connectivity index (χ1) is 10.1. The second-order valence-electron chi connectivity index (χ2n) is 5.57. The zero-order chi connectivity index (χ0) is 15.1. The molecule has 1 aliphatic heterocycles. The van der Waals surface area contributed by atoms with Gasteiger partial charge in [-0.15, -0.1) is 0 Å². The van der Waals surface area contributed by atoms with Gasteiger partial charge >= 0.3 is 0 Å². The molecule has 0 bridgehead atoms. The molecule has 1 aliphatic rings. The Hall–Kier alpha value is -1.59. The van der Waals surface area contributed by atoms with E-state index in [9.17, 15) is 9.90 Å². The summed E-state index contributed by atoms with van der Waals surface area (Å²) in [7, 11) is 0. The largest absolute Gasteiger partial charge is 0.491 e. The first-order valence-corrected chi connectivity index (χ1v) is 7.51. The smallest absolute Gasteiger partial charge is 0.224 e. The van der Waals surface area contributed by atoms with Crippen molar-refractivity contribution >= 4 is 5.91 Å². The van der Waals surface area contributed by atoms with Crippen molar-refractivity contribution in [2.24, 2.45) is 5.92 Å². The van der Waals surface area contributed by atoms with Gasteiger partial charge in [-0.05, 0) is 44.0 Å². The van der Waals surface area contributed by atoms with Crippen molar-refractivity contribution in [1.82, 2.24) is 10.6 Å². The van der Waals surface area contributed by atoms with Gasteiger partial charge in [0.05, 0.1) is 5.92 Å². The van der Waals surface area contributed by atoms with Gasteiger partial charge in [-0.2, -0.15) is 0 Å². The number of nitrogens with one attached hydrogen (secondary N) is 2. The fourth-order valence-electron chi connectivity index (χ4n) is 2.39. The Morgan fingerprint density at radius 1 is 1.57 bits per heavy atom. The van der Waals surface area contributed by atoms with Gasteiger partial charge in [-0.1, -0.05) is 12.1 Å². The van der Waals surface area contributed by atoms with Crippen LogP contribution >= 0.6 is 0 Å². The molecule has 0 spiro atoms. The van der Waals surface area contributed by atoms with E-state index in [1.165, 1.54) is 0 Å². The highest BCUT2D eigenvalue weighted by Gasteiger charge is 2.21. The fraction of sp³-hybridized carbons (Fsp3) is 0.562. The Morgan fingerprint density at radius 2 is 2.43 bits per heavy atom. The molecule has 0 saturated carbocycles. The lowest BCUT2D eigenvalue weighted by atomic mass is 9.99. The molecule has 116 valence electrons. The molecule has 3 N–H and O–H groups in total. The van der Waals surface area contributed by atoms with E-state index < -0.39 is 6.10 Å². The Balaban J connectivity index is 1.67. The van der Waals surface area contributed by atoms with Gasteiger partial charge in [0.25, 0.3) is 0 Å². The molecule has 2 rings (SSSR count). The summed E-state index contributed by atoms with van der Waals surface area (Å²) in [5.74, 6) is 0.761. The molecule has 0 aromatic heterocycles. The molecular formula is C16H24N2O3. The monoisotopic (exact) mass is 292 g/mol. The van der Waals surface area contributed by atoms with Crippen molar-refractivity contribution in [1.29, 1.82) is 0 Å². The van der Waals surface area contributed by atoms with Crippen LogP contribution in [-0.4, -0.2) is 43.4 Å². The van der Waals surface area contributed by atoms with Crippen molar-refractivity contribution in [3.05, 3.63) is 29.8 Å². The van der Waals surface area contributed by atoms with E-state index in [2.05, 4.69) is 10.6 Å². The number of aryl methyl sites for hydroxylation is 1. The molecule has 1 saturated heterocycles. The topological polar surface area (TPSA) is 70.6 Å². The number of aliphatic hydroxyl groups is 1. The van der Waals surface area contributed by atoms with E-state index in [1.54, 1.807) is 0 Å². The number of piperidine rings is 1. The van der Waals surface area contributed by atoms with Gasteiger partial charge in [-0.3, -0.25) is 4.79 Å². The molecule has 2 unspecified atom stereocenters. The first kappa shape index (κ1) is 15.8. The van der Waals surface area contributed by atoms with Crippen LogP contribution in [0.5, 0.6) is 5.75 Å². The van der Waals surface area contributed by atoms with Crippen LogP contribution in [0, 0.1) is 12.8 Å². The molecule has 0 aliphatic carbocycles. The molecule has 2 atom stereocenters. The van der Waals surface area contributed by atoms with E-state index >= 15 is 0 Å². The van der Waals surface area contributed by atoms with E-state index in [0.717, 1.165) is 37.2 Å². The van der Waals surface area contributed by atoms with Crippen LogP contribution < -0.4 is 15.4 Å². The zero-order valence-corrected chi connectivity index (χ0v) is 12.5. The van der Waals surface area contributed by atoms with Crippen LogP contribution in [0.15, 0.2) is 24.3 Å². The third-order valence-corrected chi connectivity index (χ3v) is 3.61. The second kappa shape index (κ2) is 8.00. The minimum absolute atomic E-state index is 0.0109. The van der Waals surface area contributed by atoms with E-state index in [0.29, 0.717) is 0 Å². The molecule has 1 aromatic rings. The van der Waals surface area contributed by atoms with Crippen molar-refractivity contribution in [2.75, 3.05) is 26.2 Å². The van der Waals surface area contributed by atoms with Crippen LogP contribution in [-0.2, 0) is 4.79 Å². The average Bonchev–Trinajstić information content (AvgIpc) is 2.51. The molecule has 1 amide bonds.